The second-order valence-corrected chi connectivity index (χ2v) is 8.30. The number of ether oxygens (including phenoxy) is 1. The Bertz CT molecular complexity index is 662. The Hall–Kier alpha value is -1.76. The number of aliphatic hydroxyl groups is 1. The number of likely N-dealkylation sites (tertiary alicyclic amines) is 1. The Labute approximate surface area is 144 Å². The van der Waals surface area contributed by atoms with E-state index in [9.17, 15) is 23.1 Å². The van der Waals surface area contributed by atoms with Crippen molar-refractivity contribution in [1.29, 1.82) is 0 Å². The maximum absolute atomic E-state index is 12.6. The van der Waals surface area contributed by atoms with Crippen molar-refractivity contribution in [3.8, 4) is 0 Å². The lowest BCUT2D eigenvalue weighted by molar-refractivity contribution is -0.190. The first kappa shape index (κ1) is 18.0. The van der Waals surface area contributed by atoms with E-state index in [-0.39, 0.29) is 11.5 Å². The topological polar surface area (TPSA) is 49.8 Å². The fraction of sp³-hybridized carbons (Fsp3) is 0.611. The molecule has 25 heavy (non-hydrogen) atoms. The molecule has 1 N–H and O–H groups in total. The van der Waals surface area contributed by atoms with E-state index in [2.05, 4.69) is 0 Å². The molecule has 4 nitrogen and oxygen atoms in total. The van der Waals surface area contributed by atoms with Gasteiger partial charge in [-0.15, -0.1) is 0 Å². The van der Waals surface area contributed by atoms with Crippen LogP contribution in [0, 0.1) is 5.41 Å². The summed E-state index contributed by atoms with van der Waals surface area (Å²) in [6.45, 7) is 6.41. The van der Waals surface area contributed by atoms with E-state index in [4.69, 9.17) is 4.74 Å². The summed E-state index contributed by atoms with van der Waals surface area (Å²) in [5, 5.41) is 10.7. The minimum absolute atomic E-state index is 0.158. The quantitative estimate of drug-likeness (QED) is 0.829. The van der Waals surface area contributed by atoms with Crippen LogP contribution in [0.25, 0.3) is 0 Å². The van der Waals surface area contributed by atoms with Crippen LogP contribution in [-0.2, 0) is 16.5 Å². The largest absolute Gasteiger partial charge is 0.444 e. The van der Waals surface area contributed by atoms with Gasteiger partial charge in [0.25, 0.3) is 0 Å². The summed E-state index contributed by atoms with van der Waals surface area (Å²) < 4.78 is 43.2. The monoisotopic (exact) mass is 357 g/mol. The molecule has 0 unspecified atom stereocenters. The second-order valence-electron chi connectivity index (χ2n) is 8.30. The molecule has 0 radical (unpaired) electrons. The van der Waals surface area contributed by atoms with Crippen molar-refractivity contribution >= 4 is 6.09 Å². The Morgan fingerprint density at radius 2 is 1.64 bits per heavy atom. The molecule has 7 heteroatoms. The van der Waals surface area contributed by atoms with Gasteiger partial charge in [-0.05, 0) is 51.3 Å². The summed E-state index contributed by atoms with van der Waals surface area (Å²) in [4.78, 5) is 13.6. The molecule has 1 aromatic carbocycles. The van der Waals surface area contributed by atoms with E-state index >= 15 is 0 Å². The highest BCUT2D eigenvalue weighted by atomic mass is 19.4. The van der Waals surface area contributed by atoms with Crippen molar-refractivity contribution in [2.45, 2.75) is 51.0 Å². The first-order chi connectivity index (χ1) is 11.3. The van der Waals surface area contributed by atoms with Gasteiger partial charge in [0.2, 0.25) is 0 Å². The van der Waals surface area contributed by atoms with Crippen LogP contribution in [0.2, 0.25) is 0 Å². The van der Waals surface area contributed by atoms with Gasteiger partial charge in [0, 0.05) is 18.5 Å². The van der Waals surface area contributed by atoms with Crippen LogP contribution in [0.3, 0.4) is 0 Å². The molecule has 138 valence electrons. The highest BCUT2D eigenvalue weighted by Gasteiger charge is 2.61. The van der Waals surface area contributed by atoms with Gasteiger partial charge in [-0.1, -0.05) is 12.1 Å². The number of nitrogens with zero attached hydrogens (tertiary/aromatic N) is 1. The van der Waals surface area contributed by atoms with Crippen LogP contribution >= 0.6 is 0 Å². The molecular weight excluding hydrogens is 335 g/mol. The minimum Gasteiger partial charge on any atom is -0.444 e. The summed E-state index contributed by atoms with van der Waals surface area (Å²) in [5.74, 6) is 0. The lowest BCUT2D eigenvalue weighted by atomic mass is 9.53. The number of hydrogen-bond acceptors (Lipinski definition) is 3. The van der Waals surface area contributed by atoms with Gasteiger partial charge in [0.15, 0.2) is 0 Å². The number of benzene rings is 1. The molecule has 3 rings (SSSR count). The average molecular weight is 357 g/mol. The van der Waals surface area contributed by atoms with Crippen LogP contribution in [0.4, 0.5) is 18.0 Å². The molecule has 0 atom stereocenters. The SMILES string of the molecule is CC(C)(C)OC(=O)N1CC2(C1)CC(O)(c1ccc(C(F)(F)F)cc1)C2. The predicted molar refractivity (Wildman–Crippen MR) is 84.8 cm³/mol. The molecule has 0 bridgehead atoms. The third kappa shape index (κ3) is 3.47. The second kappa shape index (κ2) is 5.37. The number of rotatable bonds is 1. The summed E-state index contributed by atoms with van der Waals surface area (Å²) in [6, 6.07) is 4.65. The van der Waals surface area contributed by atoms with E-state index in [0.29, 0.717) is 31.5 Å². The number of alkyl halides is 3. The molecule has 0 aromatic heterocycles. The van der Waals surface area contributed by atoms with Gasteiger partial charge in [-0.25, -0.2) is 4.79 Å². The number of hydrogen-bond donors (Lipinski definition) is 1. The van der Waals surface area contributed by atoms with Crippen molar-refractivity contribution in [3.63, 3.8) is 0 Å². The Morgan fingerprint density at radius 3 is 2.08 bits per heavy atom. The van der Waals surface area contributed by atoms with Gasteiger partial charge in [-0.3, -0.25) is 0 Å². The van der Waals surface area contributed by atoms with Gasteiger partial charge in [0.05, 0.1) is 11.2 Å². The van der Waals surface area contributed by atoms with Crippen LogP contribution < -0.4 is 0 Å². The lowest BCUT2D eigenvalue weighted by Gasteiger charge is -2.62. The first-order valence-corrected chi connectivity index (χ1v) is 8.20. The number of halogens is 3. The fourth-order valence-electron chi connectivity index (χ4n) is 3.81. The zero-order valence-corrected chi connectivity index (χ0v) is 14.5. The average Bonchev–Trinajstić information content (AvgIpc) is 2.38. The standard InChI is InChI=1S/C18H22F3NO3/c1-15(2,3)25-14(23)22-10-16(11-22)8-17(24,9-16)12-4-6-13(7-5-12)18(19,20)21/h4-7,24H,8-11H2,1-3H3. The molecule has 1 spiro atoms. The summed E-state index contributed by atoms with van der Waals surface area (Å²) in [5.41, 5.74) is -2.07. The Balaban J connectivity index is 1.58. The third-order valence-electron chi connectivity index (χ3n) is 4.79. The van der Waals surface area contributed by atoms with E-state index in [1.807, 2.05) is 0 Å². The molecule has 1 aromatic rings. The van der Waals surface area contributed by atoms with Crippen molar-refractivity contribution in [2.75, 3.05) is 13.1 Å². The molecule has 1 aliphatic carbocycles. The zero-order chi connectivity index (χ0) is 18.7. The molecule has 1 amide bonds. The maximum Gasteiger partial charge on any atom is 0.416 e. The van der Waals surface area contributed by atoms with Crippen molar-refractivity contribution in [3.05, 3.63) is 35.4 Å². The van der Waals surface area contributed by atoms with E-state index in [1.165, 1.54) is 12.1 Å². The maximum atomic E-state index is 12.6. The van der Waals surface area contributed by atoms with Crippen molar-refractivity contribution < 1.29 is 27.8 Å². The van der Waals surface area contributed by atoms with Gasteiger partial charge in [0.1, 0.15) is 5.60 Å². The predicted octanol–water partition coefficient (Wildman–Crippen LogP) is 3.92. The van der Waals surface area contributed by atoms with E-state index in [1.54, 1.807) is 25.7 Å². The van der Waals surface area contributed by atoms with Crippen LogP contribution in [0.15, 0.2) is 24.3 Å². The lowest BCUT2D eigenvalue weighted by Crippen LogP contribution is -2.68. The van der Waals surface area contributed by atoms with E-state index < -0.39 is 22.9 Å². The van der Waals surface area contributed by atoms with Crippen LogP contribution in [0.1, 0.15) is 44.7 Å². The molecular formula is C18H22F3NO3. The summed E-state index contributed by atoms with van der Waals surface area (Å²) in [6.07, 6.45) is -3.89. The normalized spacial score (nSPS) is 21.5. The molecule has 1 heterocycles. The summed E-state index contributed by atoms with van der Waals surface area (Å²) in [7, 11) is 0. The molecule has 1 aliphatic heterocycles. The van der Waals surface area contributed by atoms with Crippen LogP contribution in [0.5, 0.6) is 0 Å². The van der Waals surface area contributed by atoms with Crippen LogP contribution in [-0.4, -0.2) is 34.8 Å². The first-order valence-electron chi connectivity index (χ1n) is 8.20. The molecule has 1 saturated heterocycles. The highest BCUT2D eigenvalue weighted by Crippen LogP contribution is 2.58. The number of carbonyl (C=O) groups is 1. The molecule has 2 aliphatic rings. The van der Waals surface area contributed by atoms with Crippen molar-refractivity contribution in [1.82, 2.24) is 4.90 Å². The van der Waals surface area contributed by atoms with Gasteiger partial charge < -0.3 is 14.7 Å². The molecule has 2 fully saturated rings. The van der Waals surface area contributed by atoms with E-state index in [0.717, 1.165) is 12.1 Å². The zero-order valence-electron chi connectivity index (χ0n) is 14.5. The van der Waals surface area contributed by atoms with Gasteiger partial charge >= 0.3 is 12.3 Å². The smallest absolute Gasteiger partial charge is 0.416 e. The Kier molecular flexibility index (Phi) is 3.87. The third-order valence-corrected chi connectivity index (χ3v) is 4.79. The summed E-state index contributed by atoms with van der Waals surface area (Å²) >= 11 is 0. The number of carbonyl (C=O) groups excluding carboxylic acids is 1. The molecule has 1 saturated carbocycles. The highest BCUT2D eigenvalue weighted by molar-refractivity contribution is 5.69. The van der Waals surface area contributed by atoms with Crippen molar-refractivity contribution in [2.24, 2.45) is 5.41 Å². The van der Waals surface area contributed by atoms with Gasteiger partial charge in [-0.2, -0.15) is 13.2 Å². The fourth-order valence-corrected chi connectivity index (χ4v) is 3.81. The Morgan fingerprint density at radius 1 is 1.12 bits per heavy atom. The number of amides is 1. The minimum atomic E-state index is -4.39.